The fourth-order valence-electron chi connectivity index (χ4n) is 2.26. The van der Waals surface area contributed by atoms with Crippen LogP contribution in [0.25, 0.3) is 0 Å². The largest absolute Gasteiger partial charge is 0.398 e. The van der Waals surface area contributed by atoms with E-state index in [2.05, 4.69) is 26.9 Å². The molecule has 94 valence electrons. The van der Waals surface area contributed by atoms with Gasteiger partial charge >= 0.3 is 0 Å². The van der Waals surface area contributed by atoms with Crippen molar-refractivity contribution in [3.8, 4) is 0 Å². The van der Waals surface area contributed by atoms with Gasteiger partial charge in [-0.3, -0.25) is 0 Å². The fourth-order valence-corrected chi connectivity index (χ4v) is 2.87. The van der Waals surface area contributed by atoms with Crippen LogP contribution < -0.4 is 10.6 Å². The van der Waals surface area contributed by atoms with E-state index in [1.165, 1.54) is 5.69 Å². The van der Waals surface area contributed by atoms with E-state index in [1.807, 2.05) is 13.0 Å². The Kier molecular flexibility index (Phi) is 3.94. The molecular formula is C13H19BrN2O. The van der Waals surface area contributed by atoms with Crippen LogP contribution in [-0.2, 0) is 4.74 Å². The van der Waals surface area contributed by atoms with E-state index in [0.717, 1.165) is 41.7 Å². The number of nitrogens with two attached hydrogens (primary N) is 1. The van der Waals surface area contributed by atoms with Crippen molar-refractivity contribution in [2.75, 3.05) is 30.8 Å². The molecule has 17 heavy (non-hydrogen) atoms. The number of ether oxygens (including phenoxy) is 1. The molecule has 0 amide bonds. The van der Waals surface area contributed by atoms with E-state index in [0.29, 0.717) is 6.10 Å². The molecule has 0 saturated carbocycles. The Labute approximate surface area is 111 Å². The minimum absolute atomic E-state index is 0.417. The molecule has 1 aromatic rings. The van der Waals surface area contributed by atoms with Crippen LogP contribution in [-0.4, -0.2) is 26.3 Å². The molecule has 1 aliphatic rings. The molecule has 2 N–H and O–H groups in total. The smallest absolute Gasteiger partial charge is 0.0605 e. The van der Waals surface area contributed by atoms with Gasteiger partial charge in [-0.15, -0.1) is 0 Å². The number of piperidine rings is 1. The van der Waals surface area contributed by atoms with Crippen LogP contribution in [0.2, 0.25) is 0 Å². The second kappa shape index (κ2) is 5.27. The molecule has 1 fully saturated rings. The van der Waals surface area contributed by atoms with Crippen molar-refractivity contribution < 1.29 is 4.74 Å². The van der Waals surface area contributed by atoms with E-state index >= 15 is 0 Å². The summed E-state index contributed by atoms with van der Waals surface area (Å²) in [5.74, 6) is 0. The average molecular weight is 299 g/mol. The number of nitrogens with zero attached hydrogens (tertiary/aromatic N) is 1. The quantitative estimate of drug-likeness (QED) is 0.853. The van der Waals surface area contributed by atoms with Crippen molar-refractivity contribution in [1.29, 1.82) is 0 Å². The van der Waals surface area contributed by atoms with Gasteiger partial charge in [0.1, 0.15) is 0 Å². The Morgan fingerprint density at radius 1 is 1.35 bits per heavy atom. The van der Waals surface area contributed by atoms with Crippen molar-refractivity contribution >= 4 is 27.3 Å². The average Bonchev–Trinajstić information content (AvgIpc) is 2.34. The van der Waals surface area contributed by atoms with Crippen LogP contribution in [0.4, 0.5) is 11.4 Å². The van der Waals surface area contributed by atoms with Crippen molar-refractivity contribution in [3.63, 3.8) is 0 Å². The fraction of sp³-hybridized carbons (Fsp3) is 0.538. The highest BCUT2D eigenvalue weighted by molar-refractivity contribution is 9.10. The molecule has 2 rings (SSSR count). The number of benzene rings is 1. The minimum Gasteiger partial charge on any atom is -0.398 e. The van der Waals surface area contributed by atoms with Crippen molar-refractivity contribution in [2.24, 2.45) is 0 Å². The SMILES string of the molecule is COC1CCN(c2cc(C)c(N)cc2Br)CC1. The maximum absolute atomic E-state index is 5.89. The van der Waals surface area contributed by atoms with E-state index in [4.69, 9.17) is 10.5 Å². The second-order valence-electron chi connectivity index (χ2n) is 4.58. The zero-order valence-electron chi connectivity index (χ0n) is 10.4. The summed E-state index contributed by atoms with van der Waals surface area (Å²) in [4.78, 5) is 2.39. The van der Waals surface area contributed by atoms with Crippen LogP contribution in [0.15, 0.2) is 16.6 Å². The third-order valence-electron chi connectivity index (χ3n) is 3.45. The molecule has 0 aliphatic carbocycles. The van der Waals surface area contributed by atoms with E-state index < -0.39 is 0 Å². The minimum atomic E-state index is 0.417. The standard InChI is InChI=1S/C13H19BrN2O/c1-9-7-13(11(14)8-12(9)15)16-5-3-10(17-2)4-6-16/h7-8,10H,3-6,15H2,1-2H3. The van der Waals surface area contributed by atoms with Crippen LogP contribution in [0.5, 0.6) is 0 Å². The van der Waals surface area contributed by atoms with Gasteiger partial charge in [0.05, 0.1) is 11.8 Å². The number of hydrogen-bond donors (Lipinski definition) is 1. The van der Waals surface area contributed by atoms with Gasteiger partial charge < -0.3 is 15.4 Å². The van der Waals surface area contributed by atoms with E-state index in [9.17, 15) is 0 Å². The Balaban J connectivity index is 2.16. The van der Waals surface area contributed by atoms with Crippen LogP contribution in [0.3, 0.4) is 0 Å². The number of hydrogen-bond acceptors (Lipinski definition) is 3. The zero-order chi connectivity index (χ0) is 12.4. The first-order chi connectivity index (χ1) is 8.11. The molecule has 4 heteroatoms. The van der Waals surface area contributed by atoms with E-state index in [-0.39, 0.29) is 0 Å². The van der Waals surface area contributed by atoms with Crippen molar-refractivity contribution in [1.82, 2.24) is 0 Å². The lowest BCUT2D eigenvalue weighted by Crippen LogP contribution is -2.36. The van der Waals surface area contributed by atoms with Gasteiger partial charge in [0.15, 0.2) is 0 Å². The highest BCUT2D eigenvalue weighted by atomic mass is 79.9. The molecule has 1 heterocycles. The Hall–Kier alpha value is -0.740. The maximum Gasteiger partial charge on any atom is 0.0605 e. The topological polar surface area (TPSA) is 38.5 Å². The first-order valence-electron chi connectivity index (χ1n) is 5.95. The summed E-state index contributed by atoms with van der Waals surface area (Å²) in [6.45, 7) is 4.13. The lowest BCUT2D eigenvalue weighted by molar-refractivity contribution is 0.0819. The highest BCUT2D eigenvalue weighted by Gasteiger charge is 2.20. The number of nitrogen functional groups attached to an aromatic ring is 1. The monoisotopic (exact) mass is 298 g/mol. The molecule has 1 saturated heterocycles. The second-order valence-corrected chi connectivity index (χ2v) is 5.44. The predicted molar refractivity (Wildman–Crippen MR) is 75.5 cm³/mol. The van der Waals surface area contributed by atoms with Crippen LogP contribution >= 0.6 is 15.9 Å². The van der Waals surface area contributed by atoms with Crippen LogP contribution in [0, 0.1) is 6.92 Å². The highest BCUT2D eigenvalue weighted by Crippen LogP contribution is 2.32. The van der Waals surface area contributed by atoms with Crippen molar-refractivity contribution in [2.45, 2.75) is 25.9 Å². The van der Waals surface area contributed by atoms with Gasteiger partial charge in [-0.1, -0.05) is 0 Å². The van der Waals surface area contributed by atoms with Crippen molar-refractivity contribution in [3.05, 3.63) is 22.2 Å². The number of aryl methyl sites for hydroxylation is 1. The summed E-state index contributed by atoms with van der Waals surface area (Å²) in [6, 6.07) is 4.15. The third kappa shape index (κ3) is 2.75. The lowest BCUT2D eigenvalue weighted by atomic mass is 10.1. The summed E-state index contributed by atoms with van der Waals surface area (Å²) in [6.07, 6.45) is 2.60. The first kappa shape index (κ1) is 12.7. The molecular weight excluding hydrogens is 280 g/mol. The number of halogens is 1. The normalized spacial score (nSPS) is 17.5. The summed E-state index contributed by atoms with van der Waals surface area (Å²) >= 11 is 3.60. The zero-order valence-corrected chi connectivity index (χ0v) is 12.0. The number of anilines is 2. The Morgan fingerprint density at radius 2 is 2.00 bits per heavy atom. The summed E-state index contributed by atoms with van der Waals surface area (Å²) < 4.78 is 6.47. The molecule has 3 nitrogen and oxygen atoms in total. The molecule has 0 unspecified atom stereocenters. The summed E-state index contributed by atoms with van der Waals surface area (Å²) in [7, 11) is 1.80. The molecule has 0 aromatic heterocycles. The van der Waals surface area contributed by atoms with Gasteiger partial charge in [0, 0.05) is 30.4 Å². The Bertz CT molecular complexity index is 401. The third-order valence-corrected chi connectivity index (χ3v) is 4.09. The van der Waals surface area contributed by atoms with Crippen LogP contribution in [0.1, 0.15) is 18.4 Å². The Morgan fingerprint density at radius 3 is 2.59 bits per heavy atom. The molecule has 0 bridgehead atoms. The summed E-state index contributed by atoms with van der Waals surface area (Å²) in [5.41, 5.74) is 9.11. The molecule has 0 atom stereocenters. The molecule has 0 radical (unpaired) electrons. The van der Waals surface area contributed by atoms with Gasteiger partial charge in [0.2, 0.25) is 0 Å². The molecule has 0 spiro atoms. The van der Waals surface area contributed by atoms with Gasteiger partial charge in [0.25, 0.3) is 0 Å². The lowest BCUT2D eigenvalue weighted by Gasteiger charge is -2.33. The first-order valence-corrected chi connectivity index (χ1v) is 6.74. The van der Waals surface area contributed by atoms with Gasteiger partial charge in [-0.25, -0.2) is 0 Å². The maximum atomic E-state index is 5.89. The molecule has 1 aromatic carbocycles. The summed E-state index contributed by atoms with van der Waals surface area (Å²) in [5, 5.41) is 0. The predicted octanol–water partition coefficient (Wildman–Crippen LogP) is 2.95. The van der Waals surface area contributed by atoms with E-state index in [1.54, 1.807) is 7.11 Å². The number of methoxy groups -OCH3 is 1. The molecule has 1 aliphatic heterocycles. The van der Waals surface area contributed by atoms with Gasteiger partial charge in [-0.05, 0) is 53.4 Å². The van der Waals surface area contributed by atoms with Gasteiger partial charge in [-0.2, -0.15) is 0 Å². The number of rotatable bonds is 2.